The second-order valence-electron chi connectivity index (χ2n) is 13.2. The van der Waals surface area contributed by atoms with Crippen LogP contribution >= 0.6 is 0 Å². The van der Waals surface area contributed by atoms with E-state index in [0.717, 1.165) is 11.1 Å². The van der Waals surface area contributed by atoms with Gasteiger partial charge in [0.15, 0.2) is 8.32 Å². The van der Waals surface area contributed by atoms with Gasteiger partial charge in [-0.05, 0) is 41.4 Å². The van der Waals surface area contributed by atoms with E-state index in [9.17, 15) is 9.59 Å². The normalized spacial score (nSPS) is 27.2. The highest BCUT2D eigenvalue weighted by Gasteiger charge is 2.52. The van der Waals surface area contributed by atoms with Crippen LogP contribution in [0, 0.1) is 0 Å². The summed E-state index contributed by atoms with van der Waals surface area (Å²) in [7, 11) is -2.06. The number of carbonyl (C=O) groups excluding carboxylic acids is 2. The molecule has 0 saturated carbocycles. The molecular weight excluding hydrogens is 562 g/mol. The van der Waals surface area contributed by atoms with E-state index in [0.29, 0.717) is 26.1 Å². The Kier molecular flexibility index (Phi) is 9.11. The minimum absolute atomic E-state index is 0.0465. The van der Waals surface area contributed by atoms with E-state index in [-0.39, 0.29) is 24.5 Å². The Morgan fingerprint density at radius 2 is 1.74 bits per heavy atom. The van der Waals surface area contributed by atoms with Gasteiger partial charge in [0.05, 0.1) is 19.3 Å². The van der Waals surface area contributed by atoms with Crippen molar-refractivity contribution in [1.82, 2.24) is 4.90 Å². The summed E-state index contributed by atoms with van der Waals surface area (Å²) in [5.41, 5.74) is 0.324. The van der Waals surface area contributed by atoms with Crippen LogP contribution in [0.2, 0.25) is 18.1 Å². The monoisotopic (exact) mass is 605 g/mol. The van der Waals surface area contributed by atoms with Crippen LogP contribution in [-0.2, 0) is 34.8 Å². The molecule has 3 aliphatic rings. The van der Waals surface area contributed by atoms with Crippen molar-refractivity contribution in [1.29, 1.82) is 0 Å². The van der Waals surface area contributed by atoms with Crippen molar-refractivity contribution in [3.05, 3.63) is 96.1 Å². The van der Waals surface area contributed by atoms with E-state index in [4.69, 9.17) is 23.4 Å². The van der Waals surface area contributed by atoms with E-state index in [1.54, 1.807) is 6.08 Å². The van der Waals surface area contributed by atoms with Crippen molar-refractivity contribution in [2.24, 2.45) is 0 Å². The lowest BCUT2D eigenvalue weighted by Crippen LogP contribution is -2.52. The zero-order chi connectivity index (χ0) is 30.7. The van der Waals surface area contributed by atoms with Crippen molar-refractivity contribution in [2.45, 2.75) is 81.7 Å². The predicted octanol–water partition coefficient (Wildman–Crippen LogP) is 6.70. The summed E-state index contributed by atoms with van der Waals surface area (Å²) >= 11 is 0. The average molecular weight is 606 g/mol. The summed E-state index contributed by atoms with van der Waals surface area (Å²) in [4.78, 5) is 27.2. The quantitative estimate of drug-likeness (QED) is 0.0927. The van der Waals surface area contributed by atoms with E-state index in [1.807, 2.05) is 66.7 Å². The lowest BCUT2D eigenvalue weighted by atomic mass is 9.89. The lowest BCUT2D eigenvalue weighted by molar-refractivity contribution is -0.189. The first kappa shape index (κ1) is 31.3. The van der Waals surface area contributed by atoms with E-state index in [1.165, 1.54) is 11.0 Å². The van der Waals surface area contributed by atoms with Gasteiger partial charge in [-0.15, -0.1) is 0 Å². The van der Waals surface area contributed by atoms with Gasteiger partial charge in [-0.2, -0.15) is 0 Å². The summed E-state index contributed by atoms with van der Waals surface area (Å²) in [6.45, 7) is 12.2. The lowest BCUT2D eigenvalue weighted by Gasteiger charge is -2.45. The molecular formula is C34H43NO7Si. The Hall–Kier alpha value is -3.08. The second-order valence-corrected chi connectivity index (χ2v) is 18.0. The largest absolute Gasteiger partial charge is 0.446 e. The third-order valence-corrected chi connectivity index (χ3v) is 13.4. The number of carbonyl (C=O) groups is 2. The Morgan fingerprint density at radius 3 is 2.44 bits per heavy atom. The summed E-state index contributed by atoms with van der Waals surface area (Å²) in [5.74, 6) is -0.452. The smallest absolute Gasteiger partial charge is 0.417 e. The zero-order valence-corrected chi connectivity index (χ0v) is 26.8. The van der Waals surface area contributed by atoms with Crippen molar-refractivity contribution >= 4 is 20.3 Å². The van der Waals surface area contributed by atoms with Crippen molar-refractivity contribution in [2.75, 3.05) is 20.0 Å². The molecule has 2 fully saturated rings. The molecule has 5 rings (SSSR count). The highest BCUT2D eigenvalue weighted by molar-refractivity contribution is 6.74. The molecule has 2 saturated heterocycles. The average Bonchev–Trinajstić information content (AvgIpc) is 3.50. The van der Waals surface area contributed by atoms with Gasteiger partial charge in [0.1, 0.15) is 30.6 Å². The molecule has 0 aliphatic carbocycles. The molecule has 0 aromatic heterocycles. The van der Waals surface area contributed by atoms with Gasteiger partial charge < -0.3 is 23.4 Å². The molecule has 0 unspecified atom stereocenters. The minimum atomic E-state index is -2.06. The molecule has 230 valence electrons. The maximum absolute atomic E-state index is 13.4. The van der Waals surface area contributed by atoms with Crippen LogP contribution in [0.5, 0.6) is 0 Å². The van der Waals surface area contributed by atoms with Gasteiger partial charge in [-0.3, -0.25) is 4.79 Å². The molecule has 2 aromatic carbocycles. The SMILES string of the molecule is CC(C)(C)[Si](C)(C)OC[C@]12C=C[C@](/C=C/C(=O)N3C(=O)OC[C@H]3c3ccccc3)(C[C@H](OCOCc3ccccc3)C1)O2. The number of cyclic esters (lactones) is 1. The summed E-state index contributed by atoms with van der Waals surface area (Å²) in [6, 6.07) is 18.9. The number of hydrogen-bond donors (Lipinski definition) is 0. The zero-order valence-electron chi connectivity index (χ0n) is 25.8. The molecule has 2 bridgehead atoms. The highest BCUT2D eigenvalue weighted by atomic mass is 28.4. The van der Waals surface area contributed by atoms with Crippen LogP contribution in [0.25, 0.3) is 0 Å². The maximum atomic E-state index is 13.4. The molecule has 3 heterocycles. The second kappa shape index (κ2) is 12.5. The first-order valence-electron chi connectivity index (χ1n) is 14.9. The first-order valence-corrected chi connectivity index (χ1v) is 17.8. The van der Waals surface area contributed by atoms with Crippen molar-refractivity contribution in [3.63, 3.8) is 0 Å². The number of rotatable bonds is 11. The minimum Gasteiger partial charge on any atom is -0.446 e. The number of nitrogens with zero attached hydrogens (tertiary/aromatic N) is 1. The number of benzene rings is 2. The van der Waals surface area contributed by atoms with E-state index < -0.39 is 37.6 Å². The van der Waals surface area contributed by atoms with Crippen LogP contribution in [0.15, 0.2) is 85.0 Å². The fourth-order valence-corrected chi connectivity index (χ4v) is 6.50. The topological polar surface area (TPSA) is 83.5 Å². The van der Waals surface area contributed by atoms with Crippen LogP contribution in [0.1, 0.15) is 50.8 Å². The molecule has 2 aromatic rings. The highest BCUT2D eigenvalue weighted by Crippen LogP contribution is 2.47. The fraction of sp³-hybridized carbons (Fsp3) is 0.471. The maximum Gasteiger partial charge on any atom is 0.417 e. The molecule has 0 spiro atoms. The molecule has 2 amide bonds. The standard InChI is InChI=1S/C34H43NO7Si/c1-32(2,3)43(4,5)41-24-34-19-18-33(42-34,20-28(21-34)40-25-38-22-26-12-8-6-9-13-26)17-16-30(36)35-29(23-39-31(35)37)27-14-10-7-11-15-27/h6-19,28-29H,20-25H2,1-5H3/b17-16+/t28-,29-,33+,34-/m0/s1. The number of ether oxygens (including phenoxy) is 4. The molecule has 3 aliphatic heterocycles. The van der Waals surface area contributed by atoms with Crippen LogP contribution < -0.4 is 0 Å². The Balaban J connectivity index is 1.31. The van der Waals surface area contributed by atoms with Gasteiger partial charge in [0, 0.05) is 18.9 Å². The molecule has 0 N–H and O–H groups in total. The summed E-state index contributed by atoms with van der Waals surface area (Å²) in [5, 5.41) is 0.0465. The van der Waals surface area contributed by atoms with Crippen LogP contribution in [0.3, 0.4) is 0 Å². The molecule has 4 atom stereocenters. The molecule has 0 radical (unpaired) electrons. The number of fused-ring (bicyclic) bond motifs is 2. The van der Waals surface area contributed by atoms with Crippen LogP contribution in [0.4, 0.5) is 4.79 Å². The van der Waals surface area contributed by atoms with Crippen molar-refractivity contribution < 1.29 is 33.0 Å². The molecule has 9 heteroatoms. The third kappa shape index (κ3) is 7.19. The number of hydrogen-bond acceptors (Lipinski definition) is 7. The Labute approximate surface area is 255 Å². The first-order chi connectivity index (χ1) is 20.4. The molecule has 43 heavy (non-hydrogen) atoms. The fourth-order valence-electron chi connectivity index (χ4n) is 5.46. The van der Waals surface area contributed by atoms with E-state index >= 15 is 0 Å². The van der Waals surface area contributed by atoms with Gasteiger partial charge in [0.2, 0.25) is 0 Å². The summed E-state index contributed by atoms with van der Waals surface area (Å²) in [6.07, 6.45) is 7.47. The number of imide groups is 1. The Bertz CT molecular complexity index is 1340. The number of amides is 2. The Morgan fingerprint density at radius 1 is 1.05 bits per heavy atom. The van der Waals surface area contributed by atoms with Crippen molar-refractivity contribution in [3.8, 4) is 0 Å². The van der Waals surface area contributed by atoms with Gasteiger partial charge in [-0.25, -0.2) is 9.69 Å². The van der Waals surface area contributed by atoms with Gasteiger partial charge >= 0.3 is 6.09 Å². The van der Waals surface area contributed by atoms with Gasteiger partial charge in [0.25, 0.3) is 5.91 Å². The van der Waals surface area contributed by atoms with E-state index in [2.05, 4.69) is 39.9 Å². The third-order valence-electron chi connectivity index (χ3n) is 8.97. The summed E-state index contributed by atoms with van der Waals surface area (Å²) < 4.78 is 30.7. The van der Waals surface area contributed by atoms with Gasteiger partial charge in [-0.1, -0.05) is 87.5 Å². The van der Waals surface area contributed by atoms with Crippen LogP contribution in [-0.4, -0.2) is 62.5 Å². The molecule has 8 nitrogen and oxygen atoms in total. The predicted molar refractivity (Wildman–Crippen MR) is 166 cm³/mol.